The van der Waals surface area contributed by atoms with Gasteiger partial charge in [0.25, 0.3) is 0 Å². The quantitative estimate of drug-likeness (QED) is 0.632. The first kappa shape index (κ1) is 21.5. The van der Waals surface area contributed by atoms with E-state index in [9.17, 15) is 13.2 Å². The summed E-state index contributed by atoms with van der Waals surface area (Å²) < 4.78 is 29.3. The van der Waals surface area contributed by atoms with Crippen LogP contribution in [0.4, 0.5) is 0 Å². The number of nitrogens with zero attached hydrogens (tertiary/aromatic N) is 4. The molecule has 1 N–H and O–H groups in total. The van der Waals surface area contributed by atoms with E-state index in [2.05, 4.69) is 15.5 Å². The molecule has 0 atom stereocenters. The number of aryl methyl sites for hydroxylation is 2. The highest BCUT2D eigenvalue weighted by Crippen LogP contribution is 2.25. The van der Waals surface area contributed by atoms with Crippen LogP contribution in [0.2, 0.25) is 0 Å². The average Bonchev–Trinajstić information content (AvgIpc) is 3.19. The molecule has 8 nitrogen and oxygen atoms in total. The maximum Gasteiger partial charge on any atom is 0.243 e. The summed E-state index contributed by atoms with van der Waals surface area (Å²) in [6, 6.07) is 10.9. The summed E-state index contributed by atoms with van der Waals surface area (Å²) in [4.78, 5) is 12.9. The molecule has 1 aliphatic rings. The molecule has 0 saturated carbocycles. The van der Waals surface area contributed by atoms with Gasteiger partial charge in [-0.3, -0.25) is 9.20 Å². The number of benzene rings is 1. The molecule has 0 unspecified atom stereocenters. The van der Waals surface area contributed by atoms with Crippen LogP contribution in [-0.4, -0.2) is 52.9 Å². The number of carbonyl (C=O) groups is 1. The summed E-state index contributed by atoms with van der Waals surface area (Å²) in [5, 5.41) is 11.2. The summed E-state index contributed by atoms with van der Waals surface area (Å²) >= 11 is 0. The molecule has 1 aromatic carbocycles. The number of hydrogen-bond donors (Lipinski definition) is 1. The summed E-state index contributed by atoms with van der Waals surface area (Å²) in [5.74, 6) is 0.587. The zero-order valence-electron chi connectivity index (χ0n) is 17.8. The minimum Gasteiger partial charge on any atom is -0.355 e. The third kappa shape index (κ3) is 4.47. The zero-order chi connectivity index (χ0) is 22.0. The Labute approximate surface area is 182 Å². The van der Waals surface area contributed by atoms with Crippen LogP contribution in [0, 0.1) is 19.8 Å². The molecule has 0 spiro atoms. The normalized spacial score (nSPS) is 15.9. The third-order valence-corrected chi connectivity index (χ3v) is 7.87. The standard InChI is InChI=1S/C22H27N5O3S/c1-16-6-7-19(15-17(16)2)31(29,30)26-13-9-18(10-14-26)22(28)23-11-8-21-25-24-20-5-3-4-12-27(20)21/h3-7,12,15,18H,8-11,13-14H2,1-2H3,(H,23,28). The van der Waals surface area contributed by atoms with Crippen LogP contribution in [0.15, 0.2) is 47.5 Å². The second-order valence-electron chi connectivity index (χ2n) is 8.01. The topological polar surface area (TPSA) is 96.7 Å². The van der Waals surface area contributed by atoms with Gasteiger partial charge in [-0.05, 0) is 62.1 Å². The second kappa shape index (κ2) is 8.76. The van der Waals surface area contributed by atoms with Gasteiger partial charge >= 0.3 is 0 Å². The molecule has 1 saturated heterocycles. The lowest BCUT2D eigenvalue weighted by Crippen LogP contribution is -2.43. The predicted molar refractivity (Wildman–Crippen MR) is 117 cm³/mol. The van der Waals surface area contributed by atoms with Gasteiger partial charge in [0, 0.05) is 38.2 Å². The van der Waals surface area contributed by atoms with Crippen LogP contribution in [0.3, 0.4) is 0 Å². The largest absolute Gasteiger partial charge is 0.355 e. The van der Waals surface area contributed by atoms with E-state index in [1.165, 1.54) is 4.31 Å². The Bertz CT molecular complexity index is 1200. The van der Waals surface area contributed by atoms with Gasteiger partial charge in [0.05, 0.1) is 4.90 Å². The van der Waals surface area contributed by atoms with Crippen molar-refractivity contribution in [3.05, 3.63) is 59.5 Å². The number of amides is 1. The molecule has 3 aromatic rings. The highest BCUT2D eigenvalue weighted by Gasteiger charge is 2.32. The molecule has 1 fully saturated rings. The molecule has 1 aliphatic heterocycles. The van der Waals surface area contributed by atoms with E-state index >= 15 is 0 Å². The first-order valence-electron chi connectivity index (χ1n) is 10.5. The van der Waals surface area contributed by atoms with Crippen molar-refractivity contribution in [1.82, 2.24) is 24.2 Å². The van der Waals surface area contributed by atoms with Crippen molar-refractivity contribution in [3.63, 3.8) is 0 Å². The van der Waals surface area contributed by atoms with Gasteiger partial charge in [-0.1, -0.05) is 12.1 Å². The Morgan fingerprint density at radius 2 is 1.87 bits per heavy atom. The van der Waals surface area contributed by atoms with Crippen molar-refractivity contribution in [1.29, 1.82) is 0 Å². The predicted octanol–water partition coefficient (Wildman–Crippen LogP) is 2.11. The molecule has 1 amide bonds. The number of rotatable bonds is 6. The molecular formula is C22H27N5O3S. The molecule has 31 heavy (non-hydrogen) atoms. The first-order chi connectivity index (χ1) is 14.9. The molecule has 0 radical (unpaired) electrons. The van der Waals surface area contributed by atoms with E-state index in [0.717, 1.165) is 22.6 Å². The van der Waals surface area contributed by atoms with Crippen LogP contribution < -0.4 is 5.32 Å². The van der Waals surface area contributed by atoms with E-state index in [1.807, 2.05) is 48.7 Å². The summed E-state index contributed by atoms with van der Waals surface area (Å²) in [6.45, 7) is 5.04. The fraction of sp³-hybridized carbons (Fsp3) is 0.409. The van der Waals surface area contributed by atoms with Gasteiger partial charge in [0.15, 0.2) is 5.65 Å². The molecular weight excluding hydrogens is 414 g/mol. The molecule has 0 bridgehead atoms. The molecule has 164 valence electrons. The van der Waals surface area contributed by atoms with Crippen LogP contribution in [0.25, 0.3) is 5.65 Å². The Morgan fingerprint density at radius 3 is 2.61 bits per heavy atom. The van der Waals surface area contributed by atoms with Gasteiger partial charge < -0.3 is 5.32 Å². The van der Waals surface area contributed by atoms with Crippen molar-refractivity contribution < 1.29 is 13.2 Å². The van der Waals surface area contributed by atoms with Crippen molar-refractivity contribution >= 4 is 21.6 Å². The summed E-state index contributed by atoms with van der Waals surface area (Å²) in [5.41, 5.74) is 2.80. The van der Waals surface area contributed by atoms with Gasteiger partial charge in [0.2, 0.25) is 15.9 Å². The Morgan fingerprint density at radius 1 is 1.10 bits per heavy atom. The highest BCUT2D eigenvalue weighted by atomic mass is 32.2. The van der Waals surface area contributed by atoms with E-state index in [-0.39, 0.29) is 11.8 Å². The van der Waals surface area contributed by atoms with E-state index < -0.39 is 10.0 Å². The second-order valence-corrected chi connectivity index (χ2v) is 9.95. The fourth-order valence-corrected chi connectivity index (χ4v) is 5.44. The van der Waals surface area contributed by atoms with Crippen LogP contribution in [0.5, 0.6) is 0 Å². The Kier molecular flexibility index (Phi) is 6.06. The summed E-state index contributed by atoms with van der Waals surface area (Å²) in [6.07, 6.45) is 3.52. The minimum atomic E-state index is -3.53. The van der Waals surface area contributed by atoms with Crippen LogP contribution in [-0.2, 0) is 21.2 Å². The number of carbonyl (C=O) groups excluding carboxylic acids is 1. The van der Waals surface area contributed by atoms with Crippen molar-refractivity contribution in [2.45, 2.75) is 38.0 Å². The number of pyridine rings is 1. The van der Waals surface area contributed by atoms with Crippen molar-refractivity contribution in [3.8, 4) is 0 Å². The maximum absolute atomic E-state index is 12.9. The number of piperidine rings is 1. The SMILES string of the molecule is Cc1ccc(S(=O)(=O)N2CCC(C(=O)NCCc3nnc4ccccn34)CC2)cc1C. The average molecular weight is 442 g/mol. The molecule has 0 aliphatic carbocycles. The van der Waals surface area contributed by atoms with Crippen LogP contribution in [0.1, 0.15) is 29.8 Å². The zero-order valence-corrected chi connectivity index (χ0v) is 18.6. The van der Waals surface area contributed by atoms with E-state index in [1.54, 1.807) is 12.1 Å². The molecule has 9 heteroatoms. The molecule has 3 heterocycles. The molecule has 4 rings (SSSR count). The fourth-order valence-electron chi connectivity index (χ4n) is 3.89. The van der Waals surface area contributed by atoms with Gasteiger partial charge in [0.1, 0.15) is 5.82 Å². The minimum absolute atomic E-state index is 0.0305. The van der Waals surface area contributed by atoms with E-state index in [4.69, 9.17) is 0 Å². The van der Waals surface area contributed by atoms with Crippen LogP contribution >= 0.6 is 0 Å². The lowest BCUT2D eigenvalue weighted by atomic mass is 9.97. The highest BCUT2D eigenvalue weighted by molar-refractivity contribution is 7.89. The first-order valence-corrected chi connectivity index (χ1v) is 11.9. The Hall–Kier alpha value is -2.78. The van der Waals surface area contributed by atoms with Gasteiger partial charge in [-0.2, -0.15) is 4.31 Å². The van der Waals surface area contributed by atoms with Crippen molar-refractivity contribution in [2.24, 2.45) is 5.92 Å². The number of hydrogen-bond acceptors (Lipinski definition) is 5. The van der Waals surface area contributed by atoms with E-state index in [0.29, 0.717) is 43.8 Å². The number of fused-ring (bicyclic) bond motifs is 1. The lowest BCUT2D eigenvalue weighted by molar-refractivity contribution is -0.126. The smallest absolute Gasteiger partial charge is 0.243 e. The van der Waals surface area contributed by atoms with Gasteiger partial charge in [-0.25, -0.2) is 8.42 Å². The number of aromatic nitrogens is 3. The van der Waals surface area contributed by atoms with Crippen molar-refractivity contribution in [2.75, 3.05) is 19.6 Å². The van der Waals surface area contributed by atoms with Gasteiger partial charge in [-0.15, -0.1) is 10.2 Å². The molecule has 2 aromatic heterocycles. The summed E-state index contributed by atoms with van der Waals surface area (Å²) in [7, 11) is -3.53. The Balaban J connectivity index is 1.30. The maximum atomic E-state index is 12.9. The number of sulfonamides is 1. The third-order valence-electron chi connectivity index (χ3n) is 5.97. The number of nitrogens with one attached hydrogen (secondary N) is 1. The lowest BCUT2D eigenvalue weighted by Gasteiger charge is -2.30. The monoisotopic (exact) mass is 441 g/mol.